The molecular weight excluding hydrogens is 170 g/mol. The summed E-state index contributed by atoms with van der Waals surface area (Å²) in [5.41, 5.74) is 1.42. The van der Waals surface area contributed by atoms with Crippen LogP contribution in [-0.4, -0.2) is 0 Å². The maximum atomic E-state index is 12.0. The topological polar surface area (TPSA) is 0 Å². The van der Waals surface area contributed by atoms with Crippen LogP contribution in [0.25, 0.3) is 6.08 Å². The van der Waals surface area contributed by atoms with Gasteiger partial charge in [-0.25, -0.2) is 0 Å². The van der Waals surface area contributed by atoms with E-state index in [2.05, 4.69) is 6.58 Å². The van der Waals surface area contributed by atoms with Crippen LogP contribution in [0.2, 0.25) is 0 Å². The molecule has 0 radical (unpaired) electrons. The third-order valence-corrected chi connectivity index (χ3v) is 1.68. The summed E-state index contributed by atoms with van der Waals surface area (Å²) < 4.78 is 24.0. The summed E-state index contributed by atoms with van der Waals surface area (Å²) in [6, 6.07) is 7.04. The van der Waals surface area contributed by atoms with E-state index in [1.165, 1.54) is 0 Å². The summed E-state index contributed by atoms with van der Waals surface area (Å²) in [4.78, 5) is 0. The first-order chi connectivity index (χ1) is 6.24. The molecule has 0 N–H and O–H groups in total. The zero-order chi connectivity index (χ0) is 9.68. The highest BCUT2D eigenvalue weighted by molar-refractivity contribution is 5.54. The Morgan fingerprint density at radius 2 is 2.00 bits per heavy atom. The molecule has 0 aliphatic heterocycles. The summed E-state index contributed by atoms with van der Waals surface area (Å²) in [6.07, 6.45) is 1.51. The molecule has 0 saturated heterocycles. The summed E-state index contributed by atoms with van der Waals surface area (Å²) in [7, 11) is 0. The van der Waals surface area contributed by atoms with Crippen molar-refractivity contribution >= 4 is 6.08 Å². The highest BCUT2D eigenvalue weighted by atomic mass is 19.3. The van der Waals surface area contributed by atoms with E-state index in [1.54, 1.807) is 18.2 Å². The minimum Gasteiger partial charge on any atom is -0.173 e. The van der Waals surface area contributed by atoms with E-state index >= 15 is 0 Å². The van der Waals surface area contributed by atoms with Crippen LogP contribution in [0.1, 0.15) is 11.1 Å². The van der Waals surface area contributed by atoms with Gasteiger partial charge in [0.1, 0.15) is 0 Å². The number of hydrogen-bond donors (Lipinski definition) is 0. The molecule has 0 saturated carbocycles. The van der Waals surface area contributed by atoms with Crippen molar-refractivity contribution in [1.29, 1.82) is 0 Å². The predicted octanol–water partition coefficient (Wildman–Crippen LogP) is 3.65. The Hall–Kier alpha value is -1.44. The van der Waals surface area contributed by atoms with Crippen LogP contribution >= 0.6 is 0 Å². The summed E-state index contributed by atoms with van der Waals surface area (Å²) in [5.74, 6) is 0. The number of rotatable bonds is 3. The Balaban J connectivity index is 3.04. The van der Waals surface area contributed by atoms with Gasteiger partial charge in [0.25, 0.3) is 6.08 Å². The van der Waals surface area contributed by atoms with E-state index in [4.69, 9.17) is 0 Å². The van der Waals surface area contributed by atoms with Crippen molar-refractivity contribution in [3.63, 3.8) is 0 Å². The zero-order valence-electron chi connectivity index (χ0n) is 7.13. The van der Waals surface area contributed by atoms with Gasteiger partial charge >= 0.3 is 0 Å². The van der Waals surface area contributed by atoms with Gasteiger partial charge in [-0.3, -0.25) is 0 Å². The van der Waals surface area contributed by atoms with Crippen LogP contribution in [-0.2, 0) is 6.42 Å². The Morgan fingerprint density at radius 1 is 1.31 bits per heavy atom. The molecule has 0 amide bonds. The molecule has 1 aromatic carbocycles. The molecule has 0 bridgehead atoms. The van der Waals surface area contributed by atoms with Gasteiger partial charge in [-0.05, 0) is 17.5 Å². The van der Waals surface area contributed by atoms with E-state index in [9.17, 15) is 8.78 Å². The van der Waals surface area contributed by atoms with Crippen LogP contribution in [0.4, 0.5) is 8.78 Å². The maximum Gasteiger partial charge on any atom is 0.270 e. The molecule has 0 unspecified atom stereocenters. The standard InChI is InChI=1S/C11H10F2/c1-2-5-9-6-3-4-7-10(9)8-11(12)13/h2-4,6-8H,1,5H2. The van der Waals surface area contributed by atoms with Gasteiger partial charge in [0.2, 0.25) is 0 Å². The van der Waals surface area contributed by atoms with Crippen LogP contribution in [0.3, 0.4) is 0 Å². The minimum atomic E-state index is -1.67. The first-order valence-electron chi connectivity index (χ1n) is 3.95. The molecule has 0 aliphatic rings. The predicted molar refractivity (Wildman–Crippen MR) is 50.5 cm³/mol. The third kappa shape index (κ3) is 2.82. The van der Waals surface area contributed by atoms with E-state index in [1.807, 2.05) is 12.1 Å². The van der Waals surface area contributed by atoms with Gasteiger partial charge in [-0.2, -0.15) is 8.78 Å². The minimum absolute atomic E-state index is 0.558. The second kappa shape index (κ2) is 4.55. The average molecular weight is 180 g/mol. The smallest absolute Gasteiger partial charge is 0.173 e. The van der Waals surface area contributed by atoms with E-state index < -0.39 is 6.08 Å². The molecule has 68 valence electrons. The van der Waals surface area contributed by atoms with Crippen molar-refractivity contribution < 1.29 is 8.78 Å². The summed E-state index contributed by atoms with van der Waals surface area (Å²) in [6.45, 7) is 3.57. The number of benzene rings is 1. The van der Waals surface area contributed by atoms with E-state index in [0.29, 0.717) is 12.0 Å². The molecule has 0 aromatic heterocycles. The van der Waals surface area contributed by atoms with Crippen molar-refractivity contribution in [2.75, 3.05) is 0 Å². The number of allylic oxidation sites excluding steroid dienone is 1. The summed E-state index contributed by atoms with van der Waals surface area (Å²) >= 11 is 0. The van der Waals surface area contributed by atoms with Crippen LogP contribution < -0.4 is 0 Å². The molecular formula is C11H10F2. The Kier molecular flexibility index (Phi) is 3.38. The van der Waals surface area contributed by atoms with E-state index in [0.717, 1.165) is 11.6 Å². The van der Waals surface area contributed by atoms with Crippen molar-refractivity contribution in [2.24, 2.45) is 0 Å². The SMILES string of the molecule is C=CCc1ccccc1C=C(F)F. The third-order valence-electron chi connectivity index (χ3n) is 1.68. The monoisotopic (exact) mass is 180 g/mol. The fourth-order valence-electron chi connectivity index (χ4n) is 1.13. The average Bonchev–Trinajstić information content (AvgIpc) is 2.08. The molecule has 0 spiro atoms. The molecule has 13 heavy (non-hydrogen) atoms. The molecule has 0 heterocycles. The van der Waals surface area contributed by atoms with Crippen LogP contribution in [0, 0.1) is 0 Å². The van der Waals surface area contributed by atoms with Crippen molar-refractivity contribution in [2.45, 2.75) is 6.42 Å². The summed E-state index contributed by atoms with van der Waals surface area (Å²) in [5, 5.41) is 0. The Labute approximate surface area is 76.2 Å². The van der Waals surface area contributed by atoms with Crippen molar-refractivity contribution in [1.82, 2.24) is 0 Å². The van der Waals surface area contributed by atoms with Crippen molar-refractivity contribution in [3.8, 4) is 0 Å². The lowest BCUT2D eigenvalue weighted by molar-refractivity contribution is 0.429. The second-order valence-electron chi connectivity index (χ2n) is 2.63. The lowest BCUT2D eigenvalue weighted by Gasteiger charge is -2.01. The molecule has 2 heteroatoms. The van der Waals surface area contributed by atoms with Gasteiger partial charge in [-0.1, -0.05) is 30.3 Å². The molecule has 0 fully saturated rings. The Bertz CT molecular complexity index is 323. The lowest BCUT2D eigenvalue weighted by Crippen LogP contribution is -1.85. The lowest BCUT2D eigenvalue weighted by atomic mass is 10.0. The fraction of sp³-hybridized carbons (Fsp3) is 0.0909. The zero-order valence-corrected chi connectivity index (χ0v) is 7.13. The fourth-order valence-corrected chi connectivity index (χ4v) is 1.13. The number of halogens is 2. The van der Waals surface area contributed by atoms with Crippen LogP contribution in [0.15, 0.2) is 43.0 Å². The second-order valence-corrected chi connectivity index (χ2v) is 2.63. The van der Waals surface area contributed by atoms with Gasteiger partial charge < -0.3 is 0 Å². The van der Waals surface area contributed by atoms with Gasteiger partial charge in [0, 0.05) is 6.08 Å². The molecule has 1 aromatic rings. The molecule has 0 aliphatic carbocycles. The van der Waals surface area contributed by atoms with Gasteiger partial charge in [-0.15, -0.1) is 6.58 Å². The normalized spacial score (nSPS) is 9.38. The quantitative estimate of drug-likeness (QED) is 0.623. The largest absolute Gasteiger partial charge is 0.270 e. The van der Waals surface area contributed by atoms with Crippen molar-refractivity contribution in [3.05, 3.63) is 54.1 Å². The molecule has 0 atom stereocenters. The first-order valence-corrected chi connectivity index (χ1v) is 3.95. The first kappa shape index (κ1) is 9.65. The molecule has 0 nitrogen and oxygen atoms in total. The van der Waals surface area contributed by atoms with Gasteiger partial charge in [0.05, 0.1) is 0 Å². The van der Waals surface area contributed by atoms with Crippen LogP contribution in [0.5, 0.6) is 0 Å². The Morgan fingerprint density at radius 3 is 2.62 bits per heavy atom. The molecule has 1 rings (SSSR count). The highest BCUT2D eigenvalue weighted by Crippen LogP contribution is 2.15. The maximum absolute atomic E-state index is 12.0. The van der Waals surface area contributed by atoms with Gasteiger partial charge in [0.15, 0.2) is 0 Å². The number of hydrogen-bond acceptors (Lipinski definition) is 0. The highest BCUT2D eigenvalue weighted by Gasteiger charge is 1.98. The van der Waals surface area contributed by atoms with E-state index in [-0.39, 0.29) is 0 Å².